The predicted molar refractivity (Wildman–Crippen MR) is 97.6 cm³/mol. The zero-order chi connectivity index (χ0) is 17.7. The fourth-order valence-electron chi connectivity index (χ4n) is 3.48. The summed E-state index contributed by atoms with van der Waals surface area (Å²) in [5.41, 5.74) is 8.99. The summed E-state index contributed by atoms with van der Waals surface area (Å²) >= 11 is 0. The van der Waals surface area contributed by atoms with Crippen LogP contribution in [0, 0.1) is 0 Å². The molecule has 0 unspecified atom stereocenters. The maximum Gasteiger partial charge on any atom is 0.338 e. The first-order chi connectivity index (χ1) is 12.1. The molecule has 1 aliphatic carbocycles. The van der Waals surface area contributed by atoms with Crippen molar-refractivity contribution in [2.75, 3.05) is 7.11 Å². The highest BCUT2D eigenvalue weighted by Gasteiger charge is 2.29. The van der Waals surface area contributed by atoms with Crippen LogP contribution in [-0.2, 0) is 17.8 Å². The first-order valence-electron chi connectivity index (χ1n) is 8.76. The second-order valence-corrected chi connectivity index (χ2v) is 6.83. The highest BCUT2D eigenvalue weighted by molar-refractivity contribution is 5.90. The van der Waals surface area contributed by atoms with Crippen LogP contribution in [0.4, 0.5) is 0 Å². The number of hydrogen-bond acceptors (Lipinski definition) is 4. The van der Waals surface area contributed by atoms with Crippen LogP contribution in [0.5, 0.6) is 5.75 Å². The van der Waals surface area contributed by atoms with E-state index >= 15 is 0 Å². The maximum absolute atomic E-state index is 11.8. The molecule has 2 aromatic rings. The number of methoxy groups -OCH3 is 1. The molecule has 1 fully saturated rings. The molecule has 25 heavy (non-hydrogen) atoms. The van der Waals surface area contributed by atoms with E-state index in [1.165, 1.54) is 25.5 Å². The van der Waals surface area contributed by atoms with Crippen molar-refractivity contribution < 1.29 is 14.3 Å². The number of hydrogen-bond donors (Lipinski definition) is 1. The monoisotopic (exact) mass is 339 g/mol. The summed E-state index contributed by atoms with van der Waals surface area (Å²) in [5.74, 6) is 0.431. The molecule has 3 rings (SSSR count). The molecule has 0 aliphatic heterocycles. The Labute approximate surface area is 148 Å². The van der Waals surface area contributed by atoms with Gasteiger partial charge in [-0.25, -0.2) is 4.79 Å². The number of nitrogens with two attached hydrogens (primary N) is 1. The van der Waals surface area contributed by atoms with Gasteiger partial charge in [0.15, 0.2) is 0 Å². The third-order valence-corrected chi connectivity index (χ3v) is 4.90. The van der Waals surface area contributed by atoms with E-state index in [4.69, 9.17) is 15.2 Å². The molecule has 2 N–H and O–H groups in total. The molecule has 4 nitrogen and oxygen atoms in total. The topological polar surface area (TPSA) is 61.5 Å². The van der Waals surface area contributed by atoms with Crippen LogP contribution in [0.25, 0.3) is 0 Å². The average Bonchev–Trinajstić information content (AvgIpc) is 3.07. The number of carbonyl (C=O) groups is 1. The molecule has 1 saturated carbocycles. The summed E-state index contributed by atoms with van der Waals surface area (Å²) in [6, 6.07) is 15.4. The van der Waals surface area contributed by atoms with Gasteiger partial charge in [-0.3, -0.25) is 0 Å². The molecule has 4 heteroatoms. The molecule has 132 valence electrons. The van der Waals surface area contributed by atoms with Gasteiger partial charge >= 0.3 is 5.97 Å². The van der Waals surface area contributed by atoms with Crippen LogP contribution in [0.2, 0.25) is 0 Å². The SMILES string of the molecule is COC(=O)c1ccccc1COc1ccc(CC2(N)CCCC2)cc1. The Hall–Kier alpha value is -2.33. The number of benzene rings is 2. The van der Waals surface area contributed by atoms with Crippen LogP contribution < -0.4 is 10.5 Å². The summed E-state index contributed by atoms with van der Waals surface area (Å²) in [5, 5.41) is 0. The van der Waals surface area contributed by atoms with E-state index in [1.54, 1.807) is 6.07 Å². The Morgan fingerprint density at radius 3 is 2.44 bits per heavy atom. The van der Waals surface area contributed by atoms with E-state index < -0.39 is 0 Å². The molecule has 0 atom stereocenters. The van der Waals surface area contributed by atoms with Gasteiger partial charge in [-0.2, -0.15) is 0 Å². The van der Waals surface area contributed by atoms with Gasteiger partial charge in [0.05, 0.1) is 12.7 Å². The van der Waals surface area contributed by atoms with Gasteiger partial charge in [0.25, 0.3) is 0 Å². The second kappa shape index (κ2) is 7.70. The lowest BCUT2D eigenvalue weighted by Gasteiger charge is -2.23. The highest BCUT2D eigenvalue weighted by Crippen LogP contribution is 2.30. The Morgan fingerprint density at radius 2 is 1.76 bits per heavy atom. The van der Waals surface area contributed by atoms with Crippen molar-refractivity contribution in [3.63, 3.8) is 0 Å². The average molecular weight is 339 g/mol. The van der Waals surface area contributed by atoms with E-state index in [0.717, 1.165) is 30.6 Å². The largest absolute Gasteiger partial charge is 0.489 e. The van der Waals surface area contributed by atoms with Gasteiger partial charge in [-0.1, -0.05) is 43.2 Å². The Bertz CT molecular complexity index is 718. The Kier molecular flexibility index (Phi) is 5.39. The van der Waals surface area contributed by atoms with Crippen molar-refractivity contribution >= 4 is 5.97 Å². The first-order valence-corrected chi connectivity index (χ1v) is 8.76. The molecule has 0 heterocycles. The molecular formula is C21H25NO3. The zero-order valence-electron chi connectivity index (χ0n) is 14.7. The third-order valence-electron chi connectivity index (χ3n) is 4.90. The van der Waals surface area contributed by atoms with E-state index in [0.29, 0.717) is 12.2 Å². The smallest absolute Gasteiger partial charge is 0.338 e. The van der Waals surface area contributed by atoms with Crippen molar-refractivity contribution in [2.45, 2.75) is 44.2 Å². The Balaban J connectivity index is 1.62. The third kappa shape index (κ3) is 4.40. The van der Waals surface area contributed by atoms with Crippen molar-refractivity contribution in [1.29, 1.82) is 0 Å². The molecule has 2 aromatic carbocycles. The maximum atomic E-state index is 11.8. The molecule has 0 saturated heterocycles. The number of ether oxygens (including phenoxy) is 2. The van der Waals surface area contributed by atoms with Crippen molar-refractivity contribution in [2.24, 2.45) is 5.73 Å². The van der Waals surface area contributed by atoms with Crippen LogP contribution in [0.15, 0.2) is 48.5 Å². The molecule has 0 aromatic heterocycles. The van der Waals surface area contributed by atoms with E-state index in [1.807, 2.05) is 30.3 Å². The van der Waals surface area contributed by atoms with Crippen molar-refractivity contribution in [3.8, 4) is 5.75 Å². The fraction of sp³-hybridized carbons (Fsp3) is 0.381. The lowest BCUT2D eigenvalue weighted by Crippen LogP contribution is -2.38. The number of carbonyl (C=O) groups excluding carboxylic acids is 1. The van der Waals surface area contributed by atoms with E-state index in [2.05, 4.69) is 12.1 Å². The summed E-state index contributed by atoms with van der Waals surface area (Å²) in [6.07, 6.45) is 5.60. The van der Waals surface area contributed by atoms with Crippen molar-refractivity contribution in [1.82, 2.24) is 0 Å². The minimum Gasteiger partial charge on any atom is -0.489 e. The first kappa shape index (κ1) is 17.5. The minimum atomic E-state index is -0.348. The van der Waals surface area contributed by atoms with Gasteiger partial charge in [0.1, 0.15) is 12.4 Å². The van der Waals surface area contributed by atoms with E-state index in [-0.39, 0.29) is 11.5 Å². The summed E-state index contributed by atoms with van der Waals surface area (Å²) in [6.45, 7) is 0.325. The Morgan fingerprint density at radius 1 is 1.08 bits per heavy atom. The standard InChI is InChI=1S/C21H25NO3/c1-24-20(23)19-7-3-2-6-17(19)15-25-18-10-8-16(9-11-18)14-21(22)12-4-5-13-21/h2-3,6-11H,4-5,12-15,22H2,1H3. The van der Waals surface area contributed by atoms with Gasteiger partial charge in [0, 0.05) is 11.1 Å². The van der Waals surface area contributed by atoms with Crippen LogP contribution in [-0.4, -0.2) is 18.6 Å². The number of esters is 1. The predicted octanol–water partition coefficient (Wildman–Crippen LogP) is 3.87. The molecule has 1 aliphatic rings. The zero-order valence-corrected chi connectivity index (χ0v) is 14.7. The molecule has 0 spiro atoms. The van der Waals surface area contributed by atoms with Gasteiger partial charge < -0.3 is 15.2 Å². The summed E-state index contributed by atoms with van der Waals surface area (Å²) in [4.78, 5) is 11.8. The molecule has 0 bridgehead atoms. The van der Waals surface area contributed by atoms with Crippen LogP contribution in [0.1, 0.15) is 47.2 Å². The number of rotatable bonds is 6. The van der Waals surface area contributed by atoms with Crippen LogP contribution in [0.3, 0.4) is 0 Å². The van der Waals surface area contributed by atoms with E-state index in [9.17, 15) is 4.79 Å². The highest BCUT2D eigenvalue weighted by atomic mass is 16.5. The lowest BCUT2D eigenvalue weighted by atomic mass is 9.90. The van der Waals surface area contributed by atoms with Gasteiger partial charge in [0.2, 0.25) is 0 Å². The second-order valence-electron chi connectivity index (χ2n) is 6.83. The fourth-order valence-corrected chi connectivity index (χ4v) is 3.48. The van der Waals surface area contributed by atoms with Crippen LogP contribution >= 0.6 is 0 Å². The molecule has 0 amide bonds. The van der Waals surface area contributed by atoms with Gasteiger partial charge in [-0.15, -0.1) is 0 Å². The molecular weight excluding hydrogens is 314 g/mol. The quantitative estimate of drug-likeness (QED) is 0.812. The van der Waals surface area contributed by atoms with Crippen molar-refractivity contribution in [3.05, 3.63) is 65.2 Å². The normalized spacial score (nSPS) is 15.8. The molecule has 0 radical (unpaired) electrons. The summed E-state index contributed by atoms with van der Waals surface area (Å²) < 4.78 is 10.6. The lowest BCUT2D eigenvalue weighted by molar-refractivity contribution is 0.0597. The van der Waals surface area contributed by atoms with Gasteiger partial charge in [-0.05, 0) is 43.0 Å². The summed E-state index contributed by atoms with van der Waals surface area (Å²) in [7, 11) is 1.38. The minimum absolute atomic E-state index is 0.0399.